The lowest BCUT2D eigenvalue weighted by atomic mass is 10.0. The van der Waals surface area contributed by atoms with Crippen molar-refractivity contribution in [2.24, 2.45) is 5.92 Å². The van der Waals surface area contributed by atoms with Gasteiger partial charge in [0.05, 0.1) is 0 Å². The van der Waals surface area contributed by atoms with Gasteiger partial charge in [-0.05, 0) is 37.0 Å². The lowest BCUT2D eigenvalue weighted by Crippen LogP contribution is -2.24. The Hall–Kier alpha value is -1.51. The fourth-order valence-corrected chi connectivity index (χ4v) is 2.93. The van der Waals surface area contributed by atoms with Crippen molar-refractivity contribution in [2.45, 2.75) is 38.6 Å². The standard InChI is InChI=1S/C16H24N2O/c1-4-12-7-6-10-15(12)17-14-9-5-8-13(11-14)16(19)18(2)3/h5,8-9,11-12,15,17H,4,6-7,10H2,1-3H3. The van der Waals surface area contributed by atoms with E-state index in [2.05, 4.69) is 18.3 Å². The molecule has 0 heterocycles. The Labute approximate surface area is 116 Å². The molecule has 0 spiro atoms. The first-order chi connectivity index (χ1) is 9.11. The number of rotatable bonds is 4. The van der Waals surface area contributed by atoms with Gasteiger partial charge < -0.3 is 10.2 Å². The first-order valence-corrected chi connectivity index (χ1v) is 7.20. The summed E-state index contributed by atoms with van der Waals surface area (Å²) in [5.74, 6) is 0.829. The first-order valence-electron chi connectivity index (χ1n) is 7.20. The minimum atomic E-state index is 0.0575. The third kappa shape index (κ3) is 3.28. The van der Waals surface area contributed by atoms with Gasteiger partial charge >= 0.3 is 0 Å². The smallest absolute Gasteiger partial charge is 0.253 e. The van der Waals surface area contributed by atoms with Crippen LogP contribution in [0.5, 0.6) is 0 Å². The van der Waals surface area contributed by atoms with Crippen LogP contribution >= 0.6 is 0 Å². The van der Waals surface area contributed by atoms with Crippen molar-refractivity contribution in [3.63, 3.8) is 0 Å². The number of nitrogens with one attached hydrogen (secondary N) is 1. The minimum absolute atomic E-state index is 0.0575. The minimum Gasteiger partial charge on any atom is -0.382 e. The van der Waals surface area contributed by atoms with Crippen LogP contribution in [0.25, 0.3) is 0 Å². The zero-order chi connectivity index (χ0) is 13.8. The van der Waals surface area contributed by atoms with E-state index in [1.807, 2.05) is 18.2 Å². The topological polar surface area (TPSA) is 32.3 Å². The molecule has 0 bridgehead atoms. The summed E-state index contributed by atoms with van der Waals surface area (Å²) in [7, 11) is 3.57. The van der Waals surface area contributed by atoms with Gasteiger partial charge in [-0.3, -0.25) is 4.79 Å². The van der Waals surface area contributed by atoms with Crippen molar-refractivity contribution in [1.29, 1.82) is 0 Å². The Balaban J connectivity index is 2.09. The van der Waals surface area contributed by atoms with E-state index in [0.29, 0.717) is 6.04 Å². The molecule has 0 aromatic heterocycles. The van der Waals surface area contributed by atoms with Crippen molar-refractivity contribution in [1.82, 2.24) is 4.90 Å². The highest BCUT2D eigenvalue weighted by atomic mass is 16.2. The number of nitrogens with zero attached hydrogens (tertiary/aromatic N) is 1. The second-order valence-electron chi connectivity index (χ2n) is 5.63. The average Bonchev–Trinajstić information content (AvgIpc) is 2.85. The van der Waals surface area contributed by atoms with Crippen LogP contribution in [-0.4, -0.2) is 30.9 Å². The van der Waals surface area contributed by atoms with Crippen molar-refractivity contribution in [3.05, 3.63) is 29.8 Å². The molecule has 2 unspecified atom stereocenters. The summed E-state index contributed by atoms with van der Waals surface area (Å²) >= 11 is 0. The summed E-state index contributed by atoms with van der Waals surface area (Å²) in [6.45, 7) is 2.26. The predicted molar refractivity (Wildman–Crippen MR) is 79.5 cm³/mol. The molecule has 1 aromatic rings. The van der Waals surface area contributed by atoms with Gasteiger partial charge in [-0.2, -0.15) is 0 Å². The number of amides is 1. The molecule has 3 heteroatoms. The molecular weight excluding hydrogens is 236 g/mol. The summed E-state index contributed by atoms with van der Waals surface area (Å²) in [6, 6.07) is 8.41. The molecule has 1 fully saturated rings. The fourth-order valence-electron chi connectivity index (χ4n) is 2.93. The summed E-state index contributed by atoms with van der Waals surface area (Å²) in [6.07, 6.45) is 5.11. The van der Waals surface area contributed by atoms with E-state index >= 15 is 0 Å². The number of anilines is 1. The Morgan fingerprint density at radius 3 is 2.84 bits per heavy atom. The molecular formula is C16H24N2O. The van der Waals surface area contributed by atoms with E-state index in [0.717, 1.165) is 17.2 Å². The van der Waals surface area contributed by atoms with Crippen molar-refractivity contribution >= 4 is 11.6 Å². The number of hydrogen-bond donors (Lipinski definition) is 1. The SMILES string of the molecule is CCC1CCCC1Nc1cccc(C(=O)N(C)C)c1. The molecule has 19 heavy (non-hydrogen) atoms. The van der Waals surface area contributed by atoms with Gasteiger partial charge in [0, 0.05) is 31.4 Å². The zero-order valence-corrected chi connectivity index (χ0v) is 12.1. The Kier molecular flexibility index (Phi) is 4.46. The summed E-state index contributed by atoms with van der Waals surface area (Å²) < 4.78 is 0. The van der Waals surface area contributed by atoms with Crippen LogP contribution in [0.3, 0.4) is 0 Å². The number of hydrogen-bond acceptors (Lipinski definition) is 2. The summed E-state index contributed by atoms with van der Waals surface area (Å²) in [5, 5.41) is 3.61. The van der Waals surface area contributed by atoms with E-state index in [4.69, 9.17) is 0 Å². The third-order valence-corrected chi connectivity index (χ3v) is 4.05. The molecule has 1 N–H and O–H groups in total. The first kappa shape index (κ1) is 13.9. The van der Waals surface area contributed by atoms with E-state index < -0.39 is 0 Å². The van der Waals surface area contributed by atoms with Gasteiger partial charge in [0.2, 0.25) is 0 Å². The number of benzene rings is 1. The zero-order valence-electron chi connectivity index (χ0n) is 12.1. The summed E-state index contributed by atoms with van der Waals surface area (Å²) in [4.78, 5) is 13.6. The number of carbonyl (C=O) groups is 1. The molecule has 0 radical (unpaired) electrons. The Morgan fingerprint density at radius 2 is 2.16 bits per heavy atom. The van der Waals surface area contributed by atoms with Gasteiger partial charge in [0.25, 0.3) is 5.91 Å². The highest BCUT2D eigenvalue weighted by Crippen LogP contribution is 2.30. The Bertz CT molecular complexity index is 442. The van der Waals surface area contributed by atoms with E-state index in [9.17, 15) is 4.79 Å². The van der Waals surface area contributed by atoms with Crippen molar-refractivity contribution < 1.29 is 4.79 Å². The molecule has 1 aliphatic carbocycles. The maximum Gasteiger partial charge on any atom is 0.253 e. The van der Waals surface area contributed by atoms with Crippen LogP contribution in [0, 0.1) is 5.92 Å². The van der Waals surface area contributed by atoms with Crippen LogP contribution in [0.15, 0.2) is 24.3 Å². The third-order valence-electron chi connectivity index (χ3n) is 4.05. The fraction of sp³-hybridized carbons (Fsp3) is 0.562. The molecule has 0 aliphatic heterocycles. The highest BCUT2D eigenvalue weighted by molar-refractivity contribution is 5.94. The molecule has 104 valence electrons. The van der Waals surface area contributed by atoms with Crippen LogP contribution in [-0.2, 0) is 0 Å². The van der Waals surface area contributed by atoms with Crippen molar-refractivity contribution in [3.8, 4) is 0 Å². The normalized spacial score (nSPS) is 22.3. The van der Waals surface area contributed by atoms with Gasteiger partial charge in [0.15, 0.2) is 0 Å². The highest BCUT2D eigenvalue weighted by Gasteiger charge is 2.25. The van der Waals surface area contributed by atoms with Gasteiger partial charge in [-0.1, -0.05) is 25.8 Å². The van der Waals surface area contributed by atoms with E-state index in [1.54, 1.807) is 19.0 Å². The van der Waals surface area contributed by atoms with E-state index in [-0.39, 0.29) is 5.91 Å². The maximum absolute atomic E-state index is 12.0. The van der Waals surface area contributed by atoms with Crippen LogP contribution < -0.4 is 5.32 Å². The van der Waals surface area contributed by atoms with Crippen LogP contribution in [0.1, 0.15) is 43.0 Å². The Morgan fingerprint density at radius 1 is 1.37 bits per heavy atom. The maximum atomic E-state index is 12.0. The molecule has 1 aromatic carbocycles. The molecule has 1 saturated carbocycles. The monoisotopic (exact) mass is 260 g/mol. The number of carbonyl (C=O) groups excluding carboxylic acids is 1. The lowest BCUT2D eigenvalue weighted by molar-refractivity contribution is 0.0827. The van der Waals surface area contributed by atoms with Crippen LogP contribution in [0.4, 0.5) is 5.69 Å². The molecule has 0 saturated heterocycles. The summed E-state index contributed by atoms with van der Waals surface area (Å²) in [5.41, 5.74) is 1.82. The van der Waals surface area contributed by atoms with Crippen LogP contribution in [0.2, 0.25) is 0 Å². The van der Waals surface area contributed by atoms with Gasteiger partial charge in [0.1, 0.15) is 0 Å². The van der Waals surface area contributed by atoms with Gasteiger partial charge in [-0.15, -0.1) is 0 Å². The second kappa shape index (κ2) is 6.09. The average molecular weight is 260 g/mol. The molecule has 3 nitrogen and oxygen atoms in total. The predicted octanol–water partition coefficient (Wildman–Crippen LogP) is 3.38. The second-order valence-corrected chi connectivity index (χ2v) is 5.63. The van der Waals surface area contributed by atoms with Gasteiger partial charge in [-0.25, -0.2) is 0 Å². The quantitative estimate of drug-likeness (QED) is 0.900. The molecule has 2 atom stereocenters. The van der Waals surface area contributed by atoms with Crippen molar-refractivity contribution in [2.75, 3.05) is 19.4 Å². The molecule has 1 amide bonds. The molecule has 2 rings (SSSR count). The molecule has 1 aliphatic rings. The van der Waals surface area contributed by atoms with E-state index in [1.165, 1.54) is 25.7 Å². The largest absolute Gasteiger partial charge is 0.382 e. The lowest BCUT2D eigenvalue weighted by Gasteiger charge is -2.21.